The molecule has 1 unspecified atom stereocenters. The molecule has 0 radical (unpaired) electrons. The van der Waals surface area contributed by atoms with E-state index in [0.29, 0.717) is 6.42 Å². The maximum absolute atomic E-state index is 12.4. The van der Waals surface area contributed by atoms with E-state index >= 15 is 0 Å². The lowest BCUT2D eigenvalue weighted by atomic mass is 9.96. The second-order valence-corrected chi connectivity index (χ2v) is 7.25. The Kier molecular flexibility index (Phi) is 9.53. The van der Waals surface area contributed by atoms with Crippen molar-refractivity contribution in [2.45, 2.75) is 57.9 Å². The summed E-state index contributed by atoms with van der Waals surface area (Å²) in [5, 5.41) is 4.14. The Bertz CT molecular complexity index is 686. The summed E-state index contributed by atoms with van der Waals surface area (Å²) in [6.07, 6.45) is 5.50. The number of amides is 1. The Hall–Kier alpha value is -1.85. The number of aromatic nitrogens is 1. The second-order valence-electron chi connectivity index (χ2n) is 7.25. The van der Waals surface area contributed by atoms with Crippen molar-refractivity contribution in [1.82, 2.24) is 10.1 Å². The van der Waals surface area contributed by atoms with Gasteiger partial charge in [0, 0.05) is 31.6 Å². The average Bonchev–Trinajstić information content (AvgIpc) is 3.10. The van der Waals surface area contributed by atoms with Gasteiger partial charge < -0.3 is 15.2 Å². The standard InChI is InChI=1S/C21H31N3O2.ClH/c1-4-14-21(2,22)20(25)24(3)15-10-6-9-13-18-16-19(23-26-18)17-11-7-5-8-12-17;/h5,7-8,11-12,16H,4,6,9-10,13-15,22H2,1-3H3;1H. The first-order valence-corrected chi connectivity index (χ1v) is 9.49. The van der Waals surface area contributed by atoms with Gasteiger partial charge in [-0.25, -0.2) is 0 Å². The molecule has 0 bridgehead atoms. The molecule has 5 nitrogen and oxygen atoms in total. The van der Waals surface area contributed by atoms with Gasteiger partial charge in [-0.05, 0) is 26.2 Å². The molecule has 0 spiro atoms. The molecule has 0 aliphatic heterocycles. The highest BCUT2D eigenvalue weighted by Crippen LogP contribution is 2.20. The van der Waals surface area contributed by atoms with Gasteiger partial charge in [-0.2, -0.15) is 0 Å². The van der Waals surface area contributed by atoms with Crippen molar-refractivity contribution >= 4 is 18.3 Å². The van der Waals surface area contributed by atoms with Crippen LogP contribution in [0.1, 0.15) is 51.7 Å². The zero-order valence-electron chi connectivity index (χ0n) is 16.6. The normalized spacial score (nSPS) is 12.9. The van der Waals surface area contributed by atoms with E-state index in [2.05, 4.69) is 5.16 Å². The number of carbonyl (C=O) groups excluding carboxylic acids is 1. The van der Waals surface area contributed by atoms with Gasteiger partial charge in [-0.3, -0.25) is 4.79 Å². The maximum Gasteiger partial charge on any atom is 0.242 e. The SMILES string of the molecule is CCCC(C)(N)C(=O)N(C)CCCCCc1cc(-c2ccccc2)no1.Cl. The van der Waals surface area contributed by atoms with E-state index in [1.165, 1.54) is 0 Å². The van der Waals surface area contributed by atoms with Crippen LogP contribution in [0, 0.1) is 0 Å². The molecule has 0 aliphatic carbocycles. The molecular formula is C21H32ClN3O2. The number of nitrogens with two attached hydrogens (primary N) is 1. The predicted octanol–water partition coefficient (Wildman–Crippen LogP) is 4.45. The predicted molar refractivity (Wildman–Crippen MR) is 112 cm³/mol. The van der Waals surface area contributed by atoms with Crippen LogP contribution in [-0.4, -0.2) is 35.1 Å². The van der Waals surface area contributed by atoms with Gasteiger partial charge in [0.1, 0.15) is 11.5 Å². The van der Waals surface area contributed by atoms with E-state index in [0.717, 1.165) is 55.7 Å². The summed E-state index contributed by atoms with van der Waals surface area (Å²) in [5.41, 5.74) is 7.31. The second kappa shape index (κ2) is 11.1. The Morgan fingerprint density at radius 2 is 1.93 bits per heavy atom. The number of carbonyl (C=O) groups is 1. The highest BCUT2D eigenvalue weighted by atomic mass is 35.5. The Morgan fingerprint density at radius 1 is 1.22 bits per heavy atom. The average molecular weight is 394 g/mol. The minimum Gasteiger partial charge on any atom is -0.361 e. The van der Waals surface area contributed by atoms with Gasteiger partial charge in [0.25, 0.3) is 0 Å². The van der Waals surface area contributed by atoms with Crippen molar-refractivity contribution in [2.75, 3.05) is 13.6 Å². The number of rotatable bonds is 10. The summed E-state index contributed by atoms with van der Waals surface area (Å²) in [4.78, 5) is 14.1. The molecule has 6 heteroatoms. The molecule has 27 heavy (non-hydrogen) atoms. The van der Waals surface area contributed by atoms with Gasteiger partial charge in [0.15, 0.2) is 0 Å². The third-order valence-electron chi connectivity index (χ3n) is 4.65. The van der Waals surface area contributed by atoms with Crippen molar-refractivity contribution in [3.05, 3.63) is 42.2 Å². The molecule has 0 saturated carbocycles. The van der Waals surface area contributed by atoms with Gasteiger partial charge in [0.2, 0.25) is 5.91 Å². The Labute approximate surface area is 168 Å². The third kappa shape index (κ3) is 7.00. The minimum absolute atomic E-state index is 0. The molecule has 2 N–H and O–H groups in total. The van der Waals surface area contributed by atoms with Crippen LogP contribution in [0.4, 0.5) is 0 Å². The molecule has 1 aromatic heterocycles. The molecular weight excluding hydrogens is 362 g/mol. The number of hydrogen-bond acceptors (Lipinski definition) is 4. The first kappa shape index (κ1) is 23.2. The lowest BCUT2D eigenvalue weighted by Crippen LogP contribution is -2.52. The van der Waals surface area contributed by atoms with Crippen molar-refractivity contribution in [1.29, 1.82) is 0 Å². The first-order chi connectivity index (χ1) is 12.4. The van der Waals surface area contributed by atoms with E-state index < -0.39 is 5.54 Å². The highest BCUT2D eigenvalue weighted by molar-refractivity contribution is 5.85. The molecule has 1 atom stereocenters. The van der Waals surface area contributed by atoms with E-state index in [-0.39, 0.29) is 18.3 Å². The summed E-state index contributed by atoms with van der Waals surface area (Å²) in [5.74, 6) is 0.938. The Balaban J connectivity index is 0.00000364. The van der Waals surface area contributed by atoms with Crippen LogP contribution in [0.3, 0.4) is 0 Å². The molecule has 2 rings (SSSR count). The topological polar surface area (TPSA) is 72.4 Å². The van der Waals surface area contributed by atoms with Crippen LogP contribution in [0.15, 0.2) is 40.9 Å². The number of aryl methyl sites for hydroxylation is 1. The fraction of sp³-hybridized carbons (Fsp3) is 0.524. The van der Waals surface area contributed by atoms with Crippen LogP contribution in [-0.2, 0) is 11.2 Å². The molecule has 0 saturated heterocycles. The summed E-state index contributed by atoms with van der Waals surface area (Å²) in [6, 6.07) is 12.0. The zero-order chi connectivity index (χ0) is 19.0. The molecule has 1 amide bonds. The summed E-state index contributed by atoms with van der Waals surface area (Å²) in [7, 11) is 1.84. The van der Waals surface area contributed by atoms with Gasteiger partial charge in [-0.15, -0.1) is 12.4 Å². The molecule has 0 fully saturated rings. The number of nitrogens with zero attached hydrogens (tertiary/aromatic N) is 2. The fourth-order valence-electron chi connectivity index (χ4n) is 3.16. The van der Waals surface area contributed by atoms with Crippen molar-refractivity contribution in [2.24, 2.45) is 5.73 Å². The third-order valence-corrected chi connectivity index (χ3v) is 4.65. The van der Waals surface area contributed by atoms with Gasteiger partial charge in [-0.1, -0.05) is 55.3 Å². The highest BCUT2D eigenvalue weighted by Gasteiger charge is 2.29. The summed E-state index contributed by atoms with van der Waals surface area (Å²) >= 11 is 0. The number of likely N-dealkylation sites (N-methyl/N-ethyl adjacent to an activating group) is 1. The molecule has 0 aliphatic rings. The van der Waals surface area contributed by atoms with E-state index in [9.17, 15) is 4.79 Å². The smallest absolute Gasteiger partial charge is 0.242 e. The Morgan fingerprint density at radius 3 is 2.59 bits per heavy atom. The van der Waals surface area contributed by atoms with Gasteiger partial charge in [0.05, 0.1) is 5.54 Å². The van der Waals surface area contributed by atoms with Crippen LogP contribution in [0.5, 0.6) is 0 Å². The summed E-state index contributed by atoms with van der Waals surface area (Å²) < 4.78 is 5.43. The van der Waals surface area contributed by atoms with E-state index in [1.807, 2.05) is 57.3 Å². The minimum atomic E-state index is -0.753. The first-order valence-electron chi connectivity index (χ1n) is 9.49. The number of hydrogen-bond donors (Lipinski definition) is 1. The molecule has 2 aromatic rings. The van der Waals surface area contributed by atoms with Crippen molar-refractivity contribution < 1.29 is 9.32 Å². The maximum atomic E-state index is 12.4. The van der Waals surface area contributed by atoms with Gasteiger partial charge >= 0.3 is 0 Å². The number of unbranched alkanes of at least 4 members (excludes halogenated alkanes) is 2. The molecule has 1 aromatic carbocycles. The molecule has 150 valence electrons. The number of benzene rings is 1. The quantitative estimate of drug-likeness (QED) is 0.605. The van der Waals surface area contributed by atoms with Crippen LogP contribution >= 0.6 is 12.4 Å². The van der Waals surface area contributed by atoms with Crippen LogP contribution < -0.4 is 5.73 Å². The van der Waals surface area contributed by atoms with Crippen LogP contribution in [0.2, 0.25) is 0 Å². The zero-order valence-corrected chi connectivity index (χ0v) is 17.4. The van der Waals surface area contributed by atoms with E-state index in [4.69, 9.17) is 10.3 Å². The fourth-order valence-corrected chi connectivity index (χ4v) is 3.16. The monoisotopic (exact) mass is 393 g/mol. The van der Waals surface area contributed by atoms with Crippen LogP contribution in [0.25, 0.3) is 11.3 Å². The lowest BCUT2D eigenvalue weighted by Gasteiger charge is -2.29. The van der Waals surface area contributed by atoms with E-state index in [1.54, 1.807) is 4.90 Å². The molecule has 1 heterocycles. The number of halogens is 1. The largest absolute Gasteiger partial charge is 0.361 e. The van der Waals surface area contributed by atoms with Crippen molar-refractivity contribution in [3.63, 3.8) is 0 Å². The summed E-state index contributed by atoms with van der Waals surface area (Å²) in [6.45, 7) is 4.61. The lowest BCUT2D eigenvalue weighted by molar-refractivity contribution is -0.135. The van der Waals surface area contributed by atoms with Crippen molar-refractivity contribution in [3.8, 4) is 11.3 Å².